The summed E-state index contributed by atoms with van der Waals surface area (Å²) in [6, 6.07) is 9.81. The Morgan fingerprint density at radius 1 is 1.10 bits per heavy atom. The highest BCUT2D eigenvalue weighted by atomic mass is 35.5. The van der Waals surface area contributed by atoms with Crippen LogP contribution in [-0.2, 0) is 21.2 Å². The summed E-state index contributed by atoms with van der Waals surface area (Å²) in [5.74, 6) is 0.654. The van der Waals surface area contributed by atoms with E-state index in [1.807, 2.05) is 0 Å². The van der Waals surface area contributed by atoms with Gasteiger partial charge in [0.25, 0.3) is 0 Å². The van der Waals surface area contributed by atoms with Crippen molar-refractivity contribution < 1.29 is 22.7 Å². The van der Waals surface area contributed by atoms with E-state index in [9.17, 15) is 13.2 Å². The number of carbonyl (C=O) groups excluding carboxylic acids is 1. The van der Waals surface area contributed by atoms with Gasteiger partial charge in [-0.05, 0) is 37.0 Å². The van der Waals surface area contributed by atoms with Gasteiger partial charge in [0.05, 0.1) is 29.8 Å². The van der Waals surface area contributed by atoms with Crippen molar-refractivity contribution in [1.82, 2.24) is 4.72 Å². The normalized spacial score (nSPS) is 13.8. The second-order valence-electron chi connectivity index (χ2n) is 6.77. The second-order valence-corrected chi connectivity index (χ2v) is 8.90. The van der Waals surface area contributed by atoms with Crippen LogP contribution in [0.1, 0.15) is 24.8 Å². The number of ether oxygens (including phenoxy) is 2. The first-order valence-electron chi connectivity index (χ1n) is 9.15. The zero-order chi connectivity index (χ0) is 21.0. The molecule has 1 amide bonds. The summed E-state index contributed by atoms with van der Waals surface area (Å²) in [4.78, 5) is 12.6. The third-order valence-corrected chi connectivity index (χ3v) is 6.35. The summed E-state index contributed by atoms with van der Waals surface area (Å²) >= 11 is 6.07. The van der Waals surface area contributed by atoms with Gasteiger partial charge in [0.1, 0.15) is 11.5 Å². The van der Waals surface area contributed by atoms with Gasteiger partial charge in [-0.3, -0.25) is 4.79 Å². The van der Waals surface area contributed by atoms with Gasteiger partial charge in [-0.15, -0.1) is 0 Å². The van der Waals surface area contributed by atoms with Crippen molar-refractivity contribution in [3.8, 4) is 11.5 Å². The van der Waals surface area contributed by atoms with E-state index in [2.05, 4.69) is 10.0 Å². The minimum atomic E-state index is -3.47. The fourth-order valence-electron chi connectivity index (χ4n) is 2.75. The molecule has 2 aromatic carbocycles. The van der Waals surface area contributed by atoms with E-state index < -0.39 is 10.0 Å². The molecule has 0 aliphatic heterocycles. The number of sulfonamides is 1. The molecule has 0 saturated heterocycles. The number of hydrogen-bond acceptors (Lipinski definition) is 5. The molecule has 156 valence electrons. The predicted molar refractivity (Wildman–Crippen MR) is 111 cm³/mol. The van der Waals surface area contributed by atoms with Crippen LogP contribution in [-0.4, -0.2) is 34.6 Å². The molecule has 0 heterocycles. The number of halogens is 1. The number of hydrogen-bond donors (Lipinski definition) is 2. The molecule has 9 heteroatoms. The maximum Gasteiger partial charge on any atom is 0.240 e. The van der Waals surface area contributed by atoms with Crippen LogP contribution in [0.3, 0.4) is 0 Å². The molecule has 2 aromatic rings. The van der Waals surface area contributed by atoms with E-state index in [0.29, 0.717) is 28.6 Å². The number of amides is 1. The van der Waals surface area contributed by atoms with Crippen LogP contribution >= 0.6 is 11.6 Å². The number of nitrogens with one attached hydrogen (secondary N) is 2. The molecule has 0 spiro atoms. The minimum absolute atomic E-state index is 0.0619. The highest BCUT2D eigenvalue weighted by molar-refractivity contribution is 7.89. The molecule has 1 fully saturated rings. The third-order valence-electron chi connectivity index (χ3n) is 4.52. The van der Waals surface area contributed by atoms with Crippen LogP contribution < -0.4 is 19.5 Å². The molecule has 1 saturated carbocycles. The van der Waals surface area contributed by atoms with Gasteiger partial charge in [0.2, 0.25) is 15.9 Å². The van der Waals surface area contributed by atoms with Crippen molar-refractivity contribution in [1.29, 1.82) is 0 Å². The number of methoxy groups -OCH3 is 2. The summed E-state index contributed by atoms with van der Waals surface area (Å²) in [5, 5.41) is 3.17. The monoisotopic (exact) mass is 438 g/mol. The average Bonchev–Trinajstić information content (AvgIpc) is 3.51. The van der Waals surface area contributed by atoms with Gasteiger partial charge in [-0.1, -0.05) is 23.7 Å². The molecule has 1 aliphatic carbocycles. The fraction of sp³-hybridized carbons (Fsp3) is 0.350. The molecule has 0 aromatic heterocycles. The van der Waals surface area contributed by atoms with Gasteiger partial charge < -0.3 is 14.8 Å². The van der Waals surface area contributed by atoms with Gasteiger partial charge in [-0.2, -0.15) is 0 Å². The highest BCUT2D eigenvalue weighted by Gasteiger charge is 2.27. The Bertz CT molecular complexity index is 989. The molecule has 0 atom stereocenters. The van der Waals surface area contributed by atoms with Crippen molar-refractivity contribution in [2.75, 3.05) is 19.5 Å². The average molecular weight is 439 g/mol. The predicted octanol–water partition coefficient (Wildman–Crippen LogP) is 3.37. The van der Waals surface area contributed by atoms with Crippen LogP contribution in [0.2, 0.25) is 5.02 Å². The van der Waals surface area contributed by atoms with E-state index >= 15 is 0 Å². The third kappa shape index (κ3) is 5.62. The van der Waals surface area contributed by atoms with Crippen LogP contribution in [0.15, 0.2) is 41.3 Å². The van der Waals surface area contributed by atoms with E-state index in [1.165, 1.54) is 14.2 Å². The number of rotatable bonds is 9. The zero-order valence-electron chi connectivity index (χ0n) is 16.2. The maximum atomic E-state index is 12.3. The first kappa shape index (κ1) is 21.4. The highest BCUT2D eigenvalue weighted by Crippen LogP contribution is 2.36. The van der Waals surface area contributed by atoms with Gasteiger partial charge >= 0.3 is 0 Å². The Morgan fingerprint density at radius 3 is 2.34 bits per heavy atom. The molecular weight excluding hydrogens is 416 g/mol. The molecule has 29 heavy (non-hydrogen) atoms. The van der Waals surface area contributed by atoms with E-state index in [4.69, 9.17) is 21.1 Å². The Labute approximate surface area is 175 Å². The lowest BCUT2D eigenvalue weighted by molar-refractivity contribution is -0.116. The quantitative estimate of drug-likeness (QED) is 0.626. The smallest absolute Gasteiger partial charge is 0.240 e. The van der Waals surface area contributed by atoms with Crippen molar-refractivity contribution >= 4 is 33.2 Å². The van der Waals surface area contributed by atoms with E-state index in [0.717, 1.165) is 18.4 Å². The largest absolute Gasteiger partial charge is 0.495 e. The molecule has 0 unspecified atom stereocenters. The SMILES string of the molecule is COc1cc(NC(=O)CCc2ccc(S(=O)(=O)NC3CC3)cc2)c(OC)cc1Cl. The second kappa shape index (κ2) is 9.02. The molecular formula is C20H23ClN2O5S. The lowest BCUT2D eigenvalue weighted by atomic mass is 10.1. The number of anilines is 1. The zero-order valence-corrected chi connectivity index (χ0v) is 17.8. The van der Waals surface area contributed by atoms with Crippen LogP contribution in [0.4, 0.5) is 5.69 Å². The number of benzene rings is 2. The first-order chi connectivity index (χ1) is 13.8. The topological polar surface area (TPSA) is 93.7 Å². The molecule has 1 aliphatic rings. The standard InChI is InChI=1S/C20H23ClN2O5S/c1-27-18-12-17(19(28-2)11-16(18)21)22-20(24)10-5-13-3-8-15(9-4-13)29(25,26)23-14-6-7-14/h3-4,8-9,11-12,14,23H,5-7,10H2,1-2H3,(H,22,24). The molecule has 2 N–H and O–H groups in total. The minimum Gasteiger partial charge on any atom is -0.495 e. The van der Waals surface area contributed by atoms with Crippen LogP contribution in [0, 0.1) is 0 Å². The Morgan fingerprint density at radius 2 is 1.76 bits per heavy atom. The van der Waals surface area contributed by atoms with Gasteiger partial charge in [-0.25, -0.2) is 13.1 Å². The van der Waals surface area contributed by atoms with Crippen molar-refractivity contribution in [2.24, 2.45) is 0 Å². The van der Waals surface area contributed by atoms with E-state index in [-0.39, 0.29) is 23.3 Å². The molecule has 0 bridgehead atoms. The van der Waals surface area contributed by atoms with E-state index in [1.54, 1.807) is 36.4 Å². The van der Waals surface area contributed by atoms with Crippen LogP contribution in [0.5, 0.6) is 11.5 Å². The van der Waals surface area contributed by atoms with Crippen molar-refractivity contribution in [3.05, 3.63) is 47.0 Å². The van der Waals surface area contributed by atoms with Gasteiger partial charge in [0, 0.05) is 24.6 Å². The Kier molecular flexibility index (Phi) is 6.66. The van der Waals surface area contributed by atoms with Crippen molar-refractivity contribution in [2.45, 2.75) is 36.6 Å². The van der Waals surface area contributed by atoms with Crippen LogP contribution in [0.25, 0.3) is 0 Å². The molecule has 0 radical (unpaired) electrons. The fourth-order valence-corrected chi connectivity index (χ4v) is 4.29. The van der Waals surface area contributed by atoms with Crippen molar-refractivity contribution in [3.63, 3.8) is 0 Å². The lowest BCUT2D eigenvalue weighted by Gasteiger charge is -2.13. The number of carbonyl (C=O) groups is 1. The Hall–Kier alpha value is -2.29. The summed E-state index contributed by atoms with van der Waals surface area (Å²) < 4.78 is 37.4. The summed E-state index contributed by atoms with van der Waals surface area (Å²) in [5.41, 5.74) is 1.33. The first-order valence-corrected chi connectivity index (χ1v) is 11.0. The Balaban J connectivity index is 1.59. The molecule has 3 rings (SSSR count). The lowest BCUT2D eigenvalue weighted by Crippen LogP contribution is -2.25. The summed E-state index contributed by atoms with van der Waals surface area (Å²) in [6.45, 7) is 0. The maximum absolute atomic E-state index is 12.3. The molecule has 7 nitrogen and oxygen atoms in total. The van der Waals surface area contributed by atoms with Gasteiger partial charge in [0.15, 0.2) is 0 Å². The number of aryl methyl sites for hydroxylation is 1. The summed E-state index contributed by atoms with van der Waals surface area (Å²) in [7, 11) is -0.492. The summed E-state index contributed by atoms with van der Waals surface area (Å²) in [6.07, 6.45) is 2.46.